The molecule has 0 amide bonds. The minimum Gasteiger partial charge on any atom is -0.310 e. The van der Waals surface area contributed by atoms with E-state index >= 15 is 0 Å². The maximum atomic E-state index is 5.93. The van der Waals surface area contributed by atoms with Crippen LogP contribution >= 0.6 is 0 Å². The Morgan fingerprint density at radius 3 is 1.49 bits per heavy atom. The third kappa shape index (κ3) is 5.88. The lowest BCUT2D eigenvalue weighted by Crippen LogP contribution is -2.76. The highest BCUT2D eigenvalue weighted by Crippen LogP contribution is 2.41. The minimum absolute atomic E-state index is 0.492. The maximum Gasteiger partial charge on any atom is 0.223 e. The number of rotatable bonds is 8. The molecule has 0 unspecified atom stereocenters. The van der Waals surface area contributed by atoms with Crippen LogP contribution in [0, 0.1) is 5.92 Å². The van der Waals surface area contributed by atoms with E-state index < -0.39 is 8.07 Å². The molecule has 0 bridgehead atoms. The highest BCUT2D eigenvalue weighted by molar-refractivity contribution is 7.19. The quantitative estimate of drug-likeness (QED) is 0.144. The fourth-order valence-corrected chi connectivity index (χ4v) is 15.5. The number of hydrogen-bond acceptors (Lipinski definition) is 4. The summed E-state index contributed by atoms with van der Waals surface area (Å²) in [6.45, 7) is 0. The fraction of sp³-hybridized carbons (Fsp3) is 0.222. The van der Waals surface area contributed by atoms with Gasteiger partial charge in [-0.3, -0.25) is 15.0 Å². The van der Waals surface area contributed by atoms with Gasteiger partial charge in [0.2, 0.25) is 8.07 Å². The molecule has 6 nitrogen and oxygen atoms in total. The standard InChI is InChI=1S/C54H48N6Si/c1-5-21-39(22-6-1)59-45-31-29-43(37-17-13-14-18-37)55-51(45)53-47(59)33-35-49(57-53)61(41-25-9-3-10-26-41,42-27-11-4-12-28-42)50-36-34-48-54(58-50)52-46(60(48)40-23-7-2-8-24-40)32-30-44(56-52)38-19-15-16-20-38/h1-12,21-29,31,33-38H,13-20,30,32H2. The van der Waals surface area contributed by atoms with E-state index in [0.29, 0.717) is 11.8 Å². The van der Waals surface area contributed by atoms with E-state index in [4.69, 9.17) is 19.9 Å². The van der Waals surface area contributed by atoms with Crippen LogP contribution in [-0.2, 0) is 6.42 Å². The van der Waals surface area contributed by atoms with Crippen LogP contribution in [-0.4, -0.2) is 37.9 Å². The zero-order chi connectivity index (χ0) is 40.3. The molecule has 0 radical (unpaired) electrons. The molecule has 3 aliphatic rings. The van der Waals surface area contributed by atoms with Gasteiger partial charge >= 0.3 is 0 Å². The van der Waals surface area contributed by atoms with Crippen LogP contribution in [0.3, 0.4) is 0 Å². The Bertz CT molecular complexity index is 3050. The van der Waals surface area contributed by atoms with E-state index in [1.165, 1.54) is 78.8 Å². The molecule has 298 valence electrons. The summed E-state index contributed by atoms with van der Waals surface area (Å²) in [5.74, 6) is 1.07. The molecule has 2 aliphatic carbocycles. The van der Waals surface area contributed by atoms with Crippen molar-refractivity contribution in [2.45, 2.75) is 70.1 Å². The topological polar surface area (TPSA) is 60.9 Å². The average molecular weight is 809 g/mol. The average Bonchev–Trinajstić information content (AvgIpc) is 4.17. The van der Waals surface area contributed by atoms with Crippen LogP contribution < -0.4 is 21.0 Å². The SMILES string of the molecule is c1ccc(-n2c3c(c4nc([Si](c5ccccc5)(c5ccccc5)c5ccc6c(n5)c5nc(C7CCCC7)ccc5n6-c5ccccc5)ccc42)N=C(C2CCCC2)CC3)cc1. The molecule has 0 spiro atoms. The second-order valence-electron chi connectivity index (χ2n) is 17.4. The molecule has 6 heterocycles. The highest BCUT2D eigenvalue weighted by Gasteiger charge is 2.45. The number of nitrogens with zero attached hydrogens (tertiary/aromatic N) is 6. The van der Waals surface area contributed by atoms with Crippen molar-refractivity contribution >= 4 is 73.6 Å². The predicted molar refractivity (Wildman–Crippen MR) is 253 cm³/mol. The number of benzene rings is 4. The van der Waals surface area contributed by atoms with Crippen molar-refractivity contribution in [1.82, 2.24) is 24.1 Å². The summed E-state index contributed by atoms with van der Waals surface area (Å²) < 4.78 is 4.78. The van der Waals surface area contributed by atoms with Crippen molar-refractivity contribution in [3.63, 3.8) is 0 Å². The van der Waals surface area contributed by atoms with Crippen molar-refractivity contribution < 1.29 is 0 Å². The molecular formula is C54H48N6Si. The van der Waals surface area contributed by atoms with Crippen LogP contribution in [0.25, 0.3) is 44.5 Å². The summed E-state index contributed by atoms with van der Waals surface area (Å²) in [4.78, 5) is 23.0. The minimum atomic E-state index is -3.21. The lowest BCUT2D eigenvalue weighted by Gasteiger charge is -2.32. The van der Waals surface area contributed by atoms with Crippen LogP contribution in [0.1, 0.15) is 75.1 Å². The van der Waals surface area contributed by atoms with Crippen LogP contribution in [0.4, 0.5) is 5.69 Å². The Kier molecular flexibility index (Phi) is 8.91. The fourth-order valence-electron chi connectivity index (χ4n) is 11.2. The summed E-state index contributed by atoms with van der Waals surface area (Å²) >= 11 is 0. The van der Waals surface area contributed by atoms with E-state index in [9.17, 15) is 0 Å². The molecule has 12 rings (SSSR count). The Morgan fingerprint density at radius 2 is 0.902 bits per heavy atom. The lowest BCUT2D eigenvalue weighted by molar-refractivity contribution is 0.700. The molecule has 1 aliphatic heterocycles. The van der Waals surface area contributed by atoms with E-state index in [0.717, 1.165) is 73.6 Å². The normalized spacial score (nSPS) is 16.2. The molecule has 9 aromatic rings. The number of fused-ring (bicyclic) bond motifs is 6. The van der Waals surface area contributed by atoms with Crippen LogP contribution in [0.5, 0.6) is 0 Å². The molecule has 5 aromatic heterocycles. The van der Waals surface area contributed by atoms with E-state index in [1.54, 1.807) is 0 Å². The van der Waals surface area contributed by atoms with Crippen LogP contribution in [0.15, 0.2) is 163 Å². The summed E-state index contributed by atoms with van der Waals surface area (Å²) in [7, 11) is -3.21. The predicted octanol–water partition coefficient (Wildman–Crippen LogP) is 10.2. The van der Waals surface area contributed by atoms with Crippen molar-refractivity contribution in [3.8, 4) is 11.4 Å². The Morgan fingerprint density at radius 1 is 0.426 bits per heavy atom. The molecule has 61 heavy (non-hydrogen) atoms. The Hall–Kier alpha value is -6.44. The van der Waals surface area contributed by atoms with Crippen LogP contribution in [0.2, 0.25) is 0 Å². The monoisotopic (exact) mass is 808 g/mol. The molecule has 0 atom stereocenters. The Labute approximate surface area is 357 Å². The lowest BCUT2D eigenvalue weighted by atomic mass is 9.94. The first-order valence-electron chi connectivity index (χ1n) is 22.4. The summed E-state index contributed by atoms with van der Waals surface area (Å²) in [5, 5.41) is 4.61. The van der Waals surface area contributed by atoms with Gasteiger partial charge in [-0.1, -0.05) is 123 Å². The van der Waals surface area contributed by atoms with Crippen molar-refractivity contribution in [3.05, 3.63) is 169 Å². The molecule has 7 heteroatoms. The highest BCUT2D eigenvalue weighted by atomic mass is 28.3. The number of pyridine rings is 3. The maximum absolute atomic E-state index is 5.93. The molecule has 0 N–H and O–H groups in total. The zero-order valence-corrected chi connectivity index (χ0v) is 35.4. The van der Waals surface area contributed by atoms with Crippen molar-refractivity contribution in [1.29, 1.82) is 0 Å². The third-order valence-corrected chi connectivity index (χ3v) is 18.5. The largest absolute Gasteiger partial charge is 0.310 e. The van der Waals surface area contributed by atoms with E-state index in [2.05, 4.69) is 167 Å². The number of hydrogen-bond donors (Lipinski definition) is 0. The first kappa shape index (κ1) is 36.4. The van der Waals surface area contributed by atoms with Gasteiger partial charge in [-0.2, -0.15) is 0 Å². The van der Waals surface area contributed by atoms with Gasteiger partial charge in [0.1, 0.15) is 22.2 Å². The van der Waals surface area contributed by atoms with Gasteiger partial charge in [-0.05, 0) is 115 Å². The van der Waals surface area contributed by atoms with Crippen molar-refractivity contribution in [2.75, 3.05) is 0 Å². The van der Waals surface area contributed by atoms with Gasteiger partial charge in [0.15, 0.2) is 0 Å². The summed E-state index contributed by atoms with van der Waals surface area (Å²) in [5.41, 5.74) is 13.3. The molecule has 4 aromatic carbocycles. The van der Waals surface area contributed by atoms with E-state index in [1.807, 2.05) is 0 Å². The van der Waals surface area contributed by atoms with Crippen molar-refractivity contribution in [2.24, 2.45) is 10.9 Å². The first-order valence-corrected chi connectivity index (χ1v) is 24.4. The van der Waals surface area contributed by atoms with Gasteiger partial charge in [0.05, 0.1) is 22.2 Å². The van der Waals surface area contributed by atoms with Gasteiger partial charge < -0.3 is 9.13 Å². The number of aromatic nitrogens is 5. The third-order valence-electron chi connectivity index (χ3n) is 14.0. The smallest absolute Gasteiger partial charge is 0.223 e. The molecule has 2 saturated carbocycles. The second kappa shape index (κ2) is 14.9. The molecular weight excluding hydrogens is 761 g/mol. The van der Waals surface area contributed by atoms with E-state index in [-0.39, 0.29) is 0 Å². The Balaban J connectivity index is 1.16. The van der Waals surface area contributed by atoms with Gasteiger partial charge in [0, 0.05) is 39.3 Å². The zero-order valence-electron chi connectivity index (χ0n) is 34.4. The number of para-hydroxylation sites is 2. The van der Waals surface area contributed by atoms with Gasteiger partial charge in [-0.25, -0.2) is 4.98 Å². The van der Waals surface area contributed by atoms with Gasteiger partial charge in [-0.15, -0.1) is 0 Å². The summed E-state index contributed by atoms with van der Waals surface area (Å²) in [6.07, 6.45) is 12.0. The first-order chi connectivity index (χ1) is 30.3. The molecule has 0 saturated heterocycles. The van der Waals surface area contributed by atoms with Gasteiger partial charge in [0.25, 0.3) is 0 Å². The summed E-state index contributed by atoms with van der Waals surface area (Å²) in [6, 6.07) is 57.5. The molecule has 2 fully saturated rings. The number of aliphatic imine (C=N–C) groups is 1. The second-order valence-corrected chi connectivity index (χ2v) is 21.1.